The Morgan fingerprint density at radius 2 is 1.97 bits per heavy atom. The summed E-state index contributed by atoms with van der Waals surface area (Å²) >= 11 is 1.11. The smallest absolute Gasteiger partial charge is 0.230 e. The Hall–Kier alpha value is -3.20. The molecule has 0 saturated heterocycles. The predicted molar refractivity (Wildman–Crippen MR) is 107 cm³/mol. The molecular weight excluding hydrogens is 398 g/mol. The summed E-state index contributed by atoms with van der Waals surface area (Å²) in [5.74, 6) is -2.30. The first kappa shape index (κ1) is 20.5. The van der Waals surface area contributed by atoms with E-state index in [-0.39, 0.29) is 16.6 Å². The molecule has 1 aromatic carbocycles. The van der Waals surface area contributed by atoms with Crippen molar-refractivity contribution in [3.05, 3.63) is 63.9 Å². The number of benzene rings is 1. The fraction of sp³-hybridized carbons (Fsp3) is 0.200. The Labute approximate surface area is 170 Å². The summed E-state index contributed by atoms with van der Waals surface area (Å²) in [7, 11) is 1.76. The van der Waals surface area contributed by atoms with Crippen molar-refractivity contribution in [2.45, 2.75) is 20.8 Å². The molecule has 6 nitrogen and oxygen atoms in total. The zero-order valence-electron chi connectivity index (χ0n) is 16.2. The summed E-state index contributed by atoms with van der Waals surface area (Å²) in [5.41, 5.74) is 2.25. The van der Waals surface area contributed by atoms with E-state index < -0.39 is 17.5 Å². The molecule has 150 valence electrons. The number of halogens is 2. The lowest BCUT2D eigenvalue weighted by atomic mass is 10.1. The summed E-state index contributed by atoms with van der Waals surface area (Å²) < 4.78 is 29.0. The number of allylic oxidation sites excluding steroid dienone is 1. The Bertz CT molecular complexity index is 1130. The minimum Gasteiger partial charge on any atom is -0.289 e. The fourth-order valence-electron chi connectivity index (χ4n) is 2.90. The van der Waals surface area contributed by atoms with Crippen molar-refractivity contribution in [2.24, 2.45) is 7.05 Å². The minimum absolute atomic E-state index is 0.0959. The van der Waals surface area contributed by atoms with Gasteiger partial charge in [0.2, 0.25) is 5.91 Å². The van der Waals surface area contributed by atoms with Gasteiger partial charge in [0, 0.05) is 31.1 Å². The molecule has 3 aromatic rings. The van der Waals surface area contributed by atoms with Crippen LogP contribution in [0.15, 0.2) is 29.7 Å². The van der Waals surface area contributed by atoms with Crippen molar-refractivity contribution in [1.29, 1.82) is 0 Å². The third-order valence-corrected chi connectivity index (χ3v) is 5.17. The van der Waals surface area contributed by atoms with Gasteiger partial charge < -0.3 is 0 Å². The number of hydrogen-bond acceptors (Lipinski definition) is 5. The Morgan fingerprint density at radius 3 is 2.55 bits per heavy atom. The molecule has 9 heteroatoms. The SMILES string of the molecule is CC(=O)N(c1nc(/C=C/C(=O)c2c(C)nn(C)c2C)cs1)c1ccc(F)cc1F. The summed E-state index contributed by atoms with van der Waals surface area (Å²) in [4.78, 5) is 29.9. The predicted octanol–water partition coefficient (Wildman–Crippen LogP) is 4.35. The molecule has 0 atom stereocenters. The number of anilines is 2. The van der Waals surface area contributed by atoms with Gasteiger partial charge in [-0.1, -0.05) is 0 Å². The van der Waals surface area contributed by atoms with Crippen LogP contribution >= 0.6 is 11.3 Å². The van der Waals surface area contributed by atoms with Crippen LogP contribution in [0.5, 0.6) is 0 Å². The topological polar surface area (TPSA) is 68.1 Å². The van der Waals surface area contributed by atoms with Crippen LogP contribution in [0, 0.1) is 25.5 Å². The average Bonchev–Trinajstić information content (AvgIpc) is 3.19. The zero-order valence-corrected chi connectivity index (χ0v) is 17.1. The Morgan fingerprint density at radius 1 is 1.24 bits per heavy atom. The first-order chi connectivity index (χ1) is 13.7. The van der Waals surface area contributed by atoms with Gasteiger partial charge in [0.1, 0.15) is 11.6 Å². The molecule has 3 rings (SSSR count). The van der Waals surface area contributed by atoms with Crippen LogP contribution in [-0.4, -0.2) is 26.5 Å². The summed E-state index contributed by atoms with van der Waals surface area (Å²) in [5, 5.41) is 6.07. The number of rotatable bonds is 5. The van der Waals surface area contributed by atoms with Gasteiger partial charge in [-0.25, -0.2) is 13.8 Å². The maximum absolute atomic E-state index is 14.1. The number of carbonyl (C=O) groups is 2. The highest BCUT2D eigenvalue weighted by molar-refractivity contribution is 7.14. The minimum atomic E-state index is -0.870. The van der Waals surface area contributed by atoms with E-state index in [0.717, 1.165) is 28.0 Å². The molecule has 0 aliphatic rings. The molecule has 0 N–H and O–H groups in total. The van der Waals surface area contributed by atoms with E-state index in [2.05, 4.69) is 10.1 Å². The molecule has 2 heterocycles. The van der Waals surface area contributed by atoms with E-state index in [9.17, 15) is 18.4 Å². The highest BCUT2D eigenvalue weighted by Crippen LogP contribution is 2.31. The van der Waals surface area contributed by atoms with Crippen molar-refractivity contribution in [2.75, 3.05) is 4.90 Å². The van der Waals surface area contributed by atoms with Crippen LogP contribution in [0.25, 0.3) is 6.08 Å². The number of ketones is 1. The normalized spacial score (nSPS) is 11.2. The third kappa shape index (κ3) is 4.14. The molecule has 0 fully saturated rings. The van der Waals surface area contributed by atoms with Crippen LogP contribution in [0.1, 0.15) is 34.4 Å². The number of aromatic nitrogens is 3. The molecule has 0 aliphatic heterocycles. The number of hydrogen-bond donors (Lipinski definition) is 0. The second kappa shape index (κ2) is 8.04. The van der Waals surface area contributed by atoms with Crippen molar-refractivity contribution in [1.82, 2.24) is 14.8 Å². The van der Waals surface area contributed by atoms with Gasteiger partial charge in [0.15, 0.2) is 10.9 Å². The number of nitrogens with zero attached hydrogens (tertiary/aromatic N) is 4. The van der Waals surface area contributed by atoms with Crippen molar-refractivity contribution in [3.8, 4) is 0 Å². The van der Waals surface area contributed by atoms with Crippen LogP contribution in [0.3, 0.4) is 0 Å². The van der Waals surface area contributed by atoms with E-state index in [1.807, 2.05) is 6.92 Å². The first-order valence-corrected chi connectivity index (χ1v) is 9.51. The number of aryl methyl sites for hydroxylation is 2. The van der Waals surface area contributed by atoms with E-state index >= 15 is 0 Å². The van der Waals surface area contributed by atoms with E-state index in [1.54, 1.807) is 24.0 Å². The largest absolute Gasteiger partial charge is 0.289 e. The van der Waals surface area contributed by atoms with Crippen LogP contribution < -0.4 is 4.90 Å². The highest BCUT2D eigenvalue weighted by Gasteiger charge is 2.21. The molecule has 29 heavy (non-hydrogen) atoms. The van der Waals surface area contributed by atoms with Crippen LogP contribution in [0.2, 0.25) is 0 Å². The second-order valence-electron chi connectivity index (χ2n) is 6.37. The number of amides is 1. The Kier molecular flexibility index (Phi) is 5.69. The van der Waals surface area contributed by atoms with E-state index in [4.69, 9.17) is 0 Å². The molecule has 0 saturated carbocycles. The molecule has 2 aromatic heterocycles. The molecule has 0 bridgehead atoms. The molecule has 1 amide bonds. The van der Waals surface area contributed by atoms with Gasteiger partial charge >= 0.3 is 0 Å². The quantitative estimate of drug-likeness (QED) is 0.458. The second-order valence-corrected chi connectivity index (χ2v) is 7.21. The summed E-state index contributed by atoms with van der Waals surface area (Å²) in [6, 6.07) is 2.96. The molecule has 0 unspecified atom stereocenters. The van der Waals surface area contributed by atoms with Crippen molar-refractivity contribution < 1.29 is 18.4 Å². The lowest BCUT2D eigenvalue weighted by Crippen LogP contribution is -2.23. The number of thiazole rings is 1. The van der Waals surface area contributed by atoms with Gasteiger partial charge in [0.05, 0.1) is 22.6 Å². The monoisotopic (exact) mass is 416 g/mol. The van der Waals surface area contributed by atoms with Gasteiger partial charge in [-0.2, -0.15) is 5.10 Å². The van der Waals surface area contributed by atoms with Crippen LogP contribution in [0.4, 0.5) is 19.6 Å². The highest BCUT2D eigenvalue weighted by atomic mass is 32.1. The maximum Gasteiger partial charge on any atom is 0.230 e. The lowest BCUT2D eigenvalue weighted by Gasteiger charge is -2.18. The molecular formula is C20H18F2N4O2S. The van der Waals surface area contributed by atoms with Gasteiger partial charge in [0.25, 0.3) is 0 Å². The number of carbonyl (C=O) groups excluding carboxylic acids is 2. The van der Waals surface area contributed by atoms with Crippen molar-refractivity contribution in [3.63, 3.8) is 0 Å². The Balaban J connectivity index is 1.88. The third-order valence-electron chi connectivity index (χ3n) is 4.33. The maximum atomic E-state index is 14.1. The fourth-order valence-corrected chi connectivity index (χ4v) is 3.75. The lowest BCUT2D eigenvalue weighted by molar-refractivity contribution is -0.115. The van der Waals surface area contributed by atoms with E-state index in [1.165, 1.54) is 25.1 Å². The van der Waals surface area contributed by atoms with Gasteiger partial charge in [-0.15, -0.1) is 11.3 Å². The average molecular weight is 416 g/mol. The van der Waals surface area contributed by atoms with E-state index in [0.29, 0.717) is 23.0 Å². The standard InChI is InChI=1S/C20H18F2N4O2S/c1-11-19(12(2)25(4)24-11)18(28)8-6-15-10-29-20(23-15)26(13(3)27)17-7-5-14(21)9-16(17)22/h5-10H,1-4H3/b8-6+. The van der Waals surface area contributed by atoms with Gasteiger partial charge in [-0.05, 0) is 38.1 Å². The summed E-state index contributed by atoms with van der Waals surface area (Å²) in [6.45, 7) is 4.83. The zero-order chi connectivity index (χ0) is 21.3. The first-order valence-electron chi connectivity index (χ1n) is 8.63. The summed E-state index contributed by atoms with van der Waals surface area (Å²) in [6.07, 6.45) is 2.90. The molecule has 0 spiro atoms. The van der Waals surface area contributed by atoms with Gasteiger partial charge in [-0.3, -0.25) is 19.2 Å². The van der Waals surface area contributed by atoms with Crippen LogP contribution in [-0.2, 0) is 11.8 Å². The van der Waals surface area contributed by atoms with Crippen molar-refractivity contribution >= 4 is 39.9 Å². The molecule has 0 aliphatic carbocycles. The molecule has 0 radical (unpaired) electrons.